The molecule has 1 saturated heterocycles. The normalized spacial score (nSPS) is 18.9. The zero-order valence-electron chi connectivity index (χ0n) is 13.9. The molecular weight excluding hydrogens is 306 g/mol. The lowest BCUT2D eigenvalue weighted by molar-refractivity contribution is 0.00766. The SMILES string of the molecule is C[C@H](c1cccnc1)N(C)C[C@H](c1cccs1)N1CCOCC1. The van der Waals surface area contributed by atoms with Crippen LogP contribution in [-0.4, -0.2) is 54.7 Å². The molecule has 2 aromatic heterocycles. The highest BCUT2D eigenvalue weighted by Gasteiger charge is 2.26. The molecule has 2 atom stereocenters. The van der Waals surface area contributed by atoms with Gasteiger partial charge in [-0.25, -0.2) is 0 Å². The van der Waals surface area contributed by atoms with Crippen molar-refractivity contribution >= 4 is 11.3 Å². The van der Waals surface area contributed by atoms with E-state index in [9.17, 15) is 0 Å². The summed E-state index contributed by atoms with van der Waals surface area (Å²) < 4.78 is 5.53. The minimum atomic E-state index is 0.354. The third-order valence-electron chi connectivity index (χ3n) is 4.65. The third-order valence-corrected chi connectivity index (χ3v) is 5.62. The summed E-state index contributed by atoms with van der Waals surface area (Å²) in [5.74, 6) is 0. The quantitative estimate of drug-likeness (QED) is 0.813. The fraction of sp³-hybridized carbons (Fsp3) is 0.500. The van der Waals surface area contributed by atoms with Crippen LogP contribution in [0.5, 0.6) is 0 Å². The first kappa shape index (κ1) is 16.6. The molecule has 0 saturated carbocycles. The zero-order chi connectivity index (χ0) is 16.1. The van der Waals surface area contributed by atoms with Crippen molar-refractivity contribution in [2.75, 3.05) is 39.9 Å². The molecule has 0 radical (unpaired) electrons. The third kappa shape index (κ3) is 4.18. The number of morpholine rings is 1. The van der Waals surface area contributed by atoms with Crippen LogP contribution in [-0.2, 0) is 4.74 Å². The summed E-state index contributed by atoms with van der Waals surface area (Å²) in [6, 6.07) is 9.36. The van der Waals surface area contributed by atoms with E-state index in [2.05, 4.69) is 52.3 Å². The van der Waals surface area contributed by atoms with Crippen LogP contribution in [0.3, 0.4) is 0 Å². The molecule has 1 aliphatic rings. The number of ether oxygens (including phenoxy) is 1. The molecule has 0 aromatic carbocycles. The van der Waals surface area contributed by atoms with Gasteiger partial charge in [-0.1, -0.05) is 12.1 Å². The number of aromatic nitrogens is 1. The molecule has 0 amide bonds. The van der Waals surface area contributed by atoms with Crippen LogP contribution in [0.25, 0.3) is 0 Å². The van der Waals surface area contributed by atoms with Gasteiger partial charge in [0.05, 0.1) is 19.3 Å². The monoisotopic (exact) mass is 331 g/mol. The molecule has 5 heteroatoms. The van der Waals surface area contributed by atoms with Crippen LogP contribution < -0.4 is 0 Å². The van der Waals surface area contributed by atoms with Gasteiger partial charge in [-0.05, 0) is 37.0 Å². The van der Waals surface area contributed by atoms with Gasteiger partial charge in [0.25, 0.3) is 0 Å². The Hall–Kier alpha value is -1.27. The van der Waals surface area contributed by atoms with E-state index in [0.717, 1.165) is 32.8 Å². The highest BCUT2D eigenvalue weighted by Crippen LogP contribution is 2.29. The first-order chi connectivity index (χ1) is 11.3. The van der Waals surface area contributed by atoms with Crippen molar-refractivity contribution in [2.24, 2.45) is 0 Å². The lowest BCUT2D eigenvalue weighted by Crippen LogP contribution is -2.43. The number of pyridine rings is 1. The molecule has 0 bridgehead atoms. The molecule has 1 aliphatic heterocycles. The fourth-order valence-electron chi connectivity index (χ4n) is 3.06. The van der Waals surface area contributed by atoms with E-state index in [-0.39, 0.29) is 0 Å². The van der Waals surface area contributed by atoms with E-state index >= 15 is 0 Å². The van der Waals surface area contributed by atoms with Crippen molar-refractivity contribution in [3.8, 4) is 0 Å². The Labute approximate surface area is 142 Å². The van der Waals surface area contributed by atoms with E-state index < -0.39 is 0 Å². The fourth-order valence-corrected chi connectivity index (χ4v) is 3.92. The van der Waals surface area contributed by atoms with E-state index in [4.69, 9.17) is 4.74 Å². The van der Waals surface area contributed by atoms with Gasteiger partial charge in [0.1, 0.15) is 0 Å². The zero-order valence-corrected chi connectivity index (χ0v) is 14.7. The van der Waals surface area contributed by atoms with Crippen molar-refractivity contribution in [3.05, 3.63) is 52.5 Å². The highest BCUT2D eigenvalue weighted by molar-refractivity contribution is 7.10. The Morgan fingerprint density at radius 1 is 1.30 bits per heavy atom. The number of nitrogens with zero attached hydrogens (tertiary/aromatic N) is 3. The summed E-state index contributed by atoms with van der Waals surface area (Å²) in [5.41, 5.74) is 1.27. The predicted octanol–water partition coefficient (Wildman–Crippen LogP) is 3.21. The lowest BCUT2D eigenvalue weighted by atomic mass is 10.1. The molecular formula is C18H25N3OS. The first-order valence-electron chi connectivity index (χ1n) is 8.21. The molecule has 0 unspecified atom stereocenters. The molecule has 0 spiro atoms. The van der Waals surface area contributed by atoms with E-state index in [0.29, 0.717) is 12.1 Å². The minimum absolute atomic E-state index is 0.354. The average molecular weight is 331 g/mol. The molecule has 23 heavy (non-hydrogen) atoms. The van der Waals surface area contributed by atoms with E-state index in [1.54, 1.807) is 0 Å². The second kappa shape index (κ2) is 8.02. The topological polar surface area (TPSA) is 28.6 Å². The van der Waals surface area contributed by atoms with Crippen LogP contribution in [0, 0.1) is 0 Å². The van der Waals surface area contributed by atoms with Gasteiger partial charge in [0, 0.05) is 42.9 Å². The number of thiophene rings is 1. The maximum atomic E-state index is 5.53. The van der Waals surface area contributed by atoms with Crippen LogP contribution >= 0.6 is 11.3 Å². The number of hydrogen-bond donors (Lipinski definition) is 0. The standard InChI is InChI=1S/C18H25N3OS/c1-15(16-5-3-7-19-13-16)20(2)14-17(18-6-4-12-23-18)21-8-10-22-11-9-21/h3-7,12-13,15,17H,8-11,14H2,1-2H3/t15-,17-/m1/s1. The molecule has 0 aliphatic carbocycles. The molecule has 124 valence electrons. The van der Waals surface area contributed by atoms with Gasteiger partial charge in [-0.2, -0.15) is 0 Å². The van der Waals surface area contributed by atoms with Crippen LogP contribution in [0.15, 0.2) is 42.0 Å². The summed E-state index contributed by atoms with van der Waals surface area (Å²) in [7, 11) is 2.21. The van der Waals surface area contributed by atoms with Crippen LogP contribution in [0.4, 0.5) is 0 Å². The van der Waals surface area contributed by atoms with E-state index in [1.165, 1.54) is 10.4 Å². The largest absolute Gasteiger partial charge is 0.379 e. The summed E-state index contributed by atoms with van der Waals surface area (Å²) in [4.78, 5) is 10.7. The summed E-state index contributed by atoms with van der Waals surface area (Å²) >= 11 is 1.85. The van der Waals surface area contributed by atoms with Crippen molar-refractivity contribution < 1.29 is 4.74 Å². The Balaban J connectivity index is 1.72. The van der Waals surface area contributed by atoms with Gasteiger partial charge >= 0.3 is 0 Å². The Bertz CT molecular complexity index is 569. The second-order valence-electron chi connectivity index (χ2n) is 6.08. The average Bonchev–Trinajstić information content (AvgIpc) is 3.14. The lowest BCUT2D eigenvalue weighted by Gasteiger charge is -2.37. The Morgan fingerprint density at radius 3 is 2.78 bits per heavy atom. The van der Waals surface area contributed by atoms with Gasteiger partial charge in [-0.3, -0.25) is 14.8 Å². The van der Waals surface area contributed by atoms with Crippen molar-refractivity contribution in [1.29, 1.82) is 0 Å². The van der Waals surface area contributed by atoms with Gasteiger partial charge < -0.3 is 4.74 Å². The molecule has 1 fully saturated rings. The van der Waals surface area contributed by atoms with Gasteiger partial charge in [0.2, 0.25) is 0 Å². The molecule has 3 rings (SSSR count). The maximum absolute atomic E-state index is 5.53. The van der Waals surface area contributed by atoms with Crippen LogP contribution in [0.2, 0.25) is 0 Å². The van der Waals surface area contributed by atoms with Crippen molar-refractivity contribution in [2.45, 2.75) is 19.0 Å². The second-order valence-corrected chi connectivity index (χ2v) is 7.06. The van der Waals surface area contributed by atoms with E-state index in [1.807, 2.05) is 29.8 Å². The van der Waals surface area contributed by atoms with Crippen molar-refractivity contribution in [1.82, 2.24) is 14.8 Å². The Morgan fingerprint density at radius 2 is 2.13 bits per heavy atom. The molecule has 2 aromatic rings. The smallest absolute Gasteiger partial charge is 0.0594 e. The molecule has 0 N–H and O–H groups in total. The summed E-state index contributed by atoms with van der Waals surface area (Å²) in [5, 5.41) is 2.17. The van der Waals surface area contributed by atoms with Crippen molar-refractivity contribution in [3.63, 3.8) is 0 Å². The molecule has 3 heterocycles. The summed E-state index contributed by atoms with van der Waals surface area (Å²) in [6.45, 7) is 6.96. The Kier molecular flexibility index (Phi) is 5.78. The minimum Gasteiger partial charge on any atom is -0.379 e. The van der Waals surface area contributed by atoms with Crippen LogP contribution in [0.1, 0.15) is 29.4 Å². The molecule has 4 nitrogen and oxygen atoms in total. The first-order valence-corrected chi connectivity index (χ1v) is 9.09. The van der Waals surface area contributed by atoms with Gasteiger partial charge in [0.15, 0.2) is 0 Å². The highest BCUT2D eigenvalue weighted by atomic mass is 32.1. The predicted molar refractivity (Wildman–Crippen MR) is 94.7 cm³/mol. The number of hydrogen-bond acceptors (Lipinski definition) is 5. The maximum Gasteiger partial charge on any atom is 0.0594 e. The number of rotatable bonds is 6. The van der Waals surface area contributed by atoms with Gasteiger partial charge in [-0.15, -0.1) is 11.3 Å². The number of likely N-dealkylation sites (N-methyl/N-ethyl adjacent to an activating group) is 1. The summed E-state index contributed by atoms with van der Waals surface area (Å²) in [6.07, 6.45) is 3.80.